The molecule has 0 N–H and O–H groups in total. The monoisotopic (exact) mass is 319 g/mol. The second-order valence-corrected chi connectivity index (χ2v) is 5.91. The first-order valence-electron chi connectivity index (χ1n) is 8.76. The van der Waals surface area contributed by atoms with Crippen molar-refractivity contribution in [2.24, 2.45) is 0 Å². The molecule has 0 spiro atoms. The van der Waals surface area contributed by atoms with E-state index in [1.54, 1.807) is 0 Å². The van der Waals surface area contributed by atoms with Crippen molar-refractivity contribution in [1.29, 1.82) is 0 Å². The van der Waals surface area contributed by atoms with E-state index in [-0.39, 0.29) is 12.0 Å². The summed E-state index contributed by atoms with van der Waals surface area (Å²) in [5.41, 5.74) is 2.28. The molecule has 5 nitrogen and oxygen atoms in total. The number of rotatable bonds is 3. The maximum Gasteiger partial charge on any atom is 0.251 e. The van der Waals surface area contributed by atoms with E-state index in [9.17, 15) is 4.79 Å². The van der Waals surface area contributed by atoms with Crippen molar-refractivity contribution >= 4 is 5.91 Å². The van der Waals surface area contributed by atoms with E-state index < -0.39 is 0 Å². The minimum atomic E-state index is -0.183. The van der Waals surface area contributed by atoms with Gasteiger partial charge in [0.25, 0.3) is 5.91 Å². The van der Waals surface area contributed by atoms with Gasteiger partial charge in [0.15, 0.2) is 0 Å². The molecule has 5 heteroatoms. The molecular formula is C18H29N3O2. The summed E-state index contributed by atoms with van der Waals surface area (Å²) in [5, 5.41) is 0. The number of piperazine rings is 1. The van der Waals surface area contributed by atoms with Gasteiger partial charge in [-0.3, -0.25) is 14.7 Å². The van der Waals surface area contributed by atoms with Gasteiger partial charge < -0.3 is 9.64 Å². The Morgan fingerprint density at radius 3 is 2.57 bits per heavy atom. The highest BCUT2D eigenvalue weighted by Crippen LogP contribution is 2.16. The predicted molar refractivity (Wildman–Crippen MR) is 91.2 cm³/mol. The van der Waals surface area contributed by atoms with Crippen LogP contribution in [0.4, 0.5) is 0 Å². The topological polar surface area (TPSA) is 45.7 Å². The SMILES string of the molecule is CC.Cc1ccc(CN2CCN(C(=O)C3CCCO3)CC2)cn1. The summed E-state index contributed by atoms with van der Waals surface area (Å²) >= 11 is 0. The summed E-state index contributed by atoms with van der Waals surface area (Å²) in [7, 11) is 0. The Morgan fingerprint density at radius 1 is 1.26 bits per heavy atom. The number of pyridine rings is 1. The maximum absolute atomic E-state index is 12.3. The molecule has 1 aromatic rings. The van der Waals surface area contributed by atoms with Crippen molar-refractivity contribution in [3.8, 4) is 0 Å². The fourth-order valence-electron chi connectivity index (χ4n) is 2.95. The molecule has 23 heavy (non-hydrogen) atoms. The summed E-state index contributed by atoms with van der Waals surface area (Å²) in [4.78, 5) is 20.9. The molecule has 2 fully saturated rings. The second kappa shape index (κ2) is 8.99. The van der Waals surface area contributed by atoms with Crippen molar-refractivity contribution < 1.29 is 9.53 Å². The molecule has 0 saturated carbocycles. The third-order valence-electron chi connectivity index (χ3n) is 4.27. The molecule has 0 aliphatic carbocycles. The third kappa shape index (κ3) is 5.01. The number of nitrogens with zero attached hydrogens (tertiary/aromatic N) is 3. The molecule has 1 unspecified atom stereocenters. The van der Waals surface area contributed by atoms with Gasteiger partial charge in [-0.15, -0.1) is 0 Å². The van der Waals surface area contributed by atoms with Gasteiger partial charge in [-0.25, -0.2) is 0 Å². The molecular weight excluding hydrogens is 290 g/mol. The average Bonchev–Trinajstić information content (AvgIpc) is 3.13. The van der Waals surface area contributed by atoms with Gasteiger partial charge >= 0.3 is 0 Å². The normalized spacial score (nSPS) is 21.7. The van der Waals surface area contributed by atoms with Crippen molar-refractivity contribution in [2.75, 3.05) is 32.8 Å². The summed E-state index contributed by atoms with van der Waals surface area (Å²) < 4.78 is 5.49. The van der Waals surface area contributed by atoms with Crippen LogP contribution in [0.1, 0.15) is 37.9 Å². The van der Waals surface area contributed by atoms with Crippen molar-refractivity contribution in [1.82, 2.24) is 14.8 Å². The number of carbonyl (C=O) groups is 1. The van der Waals surface area contributed by atoms with E-state index in [1.165, 1.54) is 5.56 Å². The zero-order chi connectivity index (χ0) is 16.7. The van der Waals surface area contributed by atoms with Crippen LogP contribution in [0.15, 0.2) is 18.3 Å². The van der Waals surface area contributed by atoms with Crippen LogP contribution in [-0.4, -0.2) is 59.6 Å². The Labute approximate surface area is 139 Å². The number of aromatic nitrogens is 1. The van der Waals surface area contributed by atoms with Gasteiger partial charge in [-0.1, -0.05) is 19.9 Å². The Kier molecular flexibility index (Phi) is 6.99. The van der Waals surface area contributed by atoms with E-state index in [0.29, 0.717) is 0 Å². The van der Waals surface area contributed by atoms with Crippen molar-refractivity contribution in [2.45, 2.75) is 46.3 Å². The lowest BCUT2D eigenvalue weighted by molar-refractivity contribution is -0.142. The Morgan fingerprint density at radius 2 is 2.00 bits per heavy atom. The lowest BCUT2D eigenvalue weighted by atomic mass is 10.2. The maximum atomic E-state index is 12.3. The Balaban J connectivity index is 0.000000924. The number of ether oxygens (including phenoxy) is 1. The van der Waals surface area contributed by atoms with Crippen LogP contribution in [0.3, 0.4) is 0 Å². The van der Waals surface area contributed by atoms with Crippen LogP contribution in [0, 0.1) is 6.92 Å². The average molecular weight is 319 g/mol. The van der Waals surface area contributed by atoms with Crippen molar-refractivity contribution in [3.63, 3.8) is 0 Å². The van der Waals surface area contributed by atoms with Crippen LogP contribution in [0.5, 0.6) is 0 Å². The molecule has 2 aliphatic rings. The zero-order valence-electron chi connectivity index (χ0n) is 14.6. The highest BCUT2D eigenvalue weighted by molar-refractivity contribution is 5.81. The van der Waals surface area contributed by atoms with E-state index >= 15 is 0 Å². The van der Waals surface area contributed by atoms with Gasteiger partial charge in [-0.05, 0) is 31.4 Å². The van der Waals surface area contributed by atoms with Crippen LogP contribution < -0.4 is 0 Å². The minimum Gasteiger partial charge on any atom is -0.368 e. The first-order chi connectivity index (χ1) is 11.2. The van der Waals surface area contributed by atoms with Crippen LogP contribution in [-0.2, 0) is 16.1 Å². The zero-order valence-corrected chi connectivity index (χ0v) is 14.6. The van der Waals surface area contributed by atoms with Crippen LogP contribution >= 0.6 is 0 Å². The molecule has 128 valence electrons. The van der Waals surface area contributed by atoms with Gasteiger partial charge in [-0.2, -0.15) is 0 Å². The predicted octanol–water partition coefficient (Wildman–Crippen LogP) is 2.24. The largest absolute Gasteiger partial charge is 0.368 e. The van der Waals surface area contributed by atoms with Gasteiger partial charge in [0, 0.05) is 51.2 Å². The molecule has 1 amide bonds. The molecule has 1 atom stereocenters. The van der Waals surface area contributed by atoms with E-state index in [2.05, 4.69) is 16.0 Å². The fraction of sp³-hybridized carbons (Fsp3) is 0.667. The summed E-state index contributed by atoms with van der Waals surface area (Å²) in [6.07, 6.45) is 3.65. The number of aryl methyl sites for hydroxylation is 1. The first-order valence-corrected chi connectivity index (χ1v) is 8.76. The third-order valence-corrected chi connectivity index (χ3v) is 4.27. The molecule has 0 bridgehead atoms. The van der Waals surface area contributed by atoms with Crippen molar-refractivity contribution in [3.05, 3.63) is 29.6 Å². The quantitative estimate of drug-likeness (QED) is 0.857. The second-order valence-electron chi connectivity index (χ2n) is 5.91. The van der Waals surface area contributed by atoms with E-state index in [4.69, 9.17) is 4.74 Å². The highest BCUT2D eigenvalue weighted by atomic mass is 16.5. The molecule has 3 rings (SSSR count). The highest BCUT2D eigenvalue weighted by Gasteiger charge is 2.30. The fourth-order valence-corrected chi connectivity index (χ4v) is 2.95. The van der Waals surface area contributed by atoms with E-state index in [1.807, 2.05) is 37.9 Å². The van der Waals surface area contributed by atoms with E-state index in [0.717, 1.165) is 57.9 Å². The molecule has 1 aromatic heterocycles. The summed E-state index contributed by atoms with van der Waals surface area (Å²) in [5.74, 6) is 0.184. The summed E-state index contributed by atoms with van der Waals surface area (Å²) in [6.45, 7) is 11.1. The smallest absolute Gasteiger partial charge is 0.251 e. The van der Waals surface area contributed by atoms with Crippen LogP contribution in [0.25, 0.3) is 0 Å². The lowest BCUT2D eigenvalue weighted by Gasteiger charge is -2.35. The minimum absolute atomic E-state index is 0.183. The van der Waals surface area contributed by atoms with Crippen LogP contribution in [0.2, 0.25) is 0 Å². The number of amides is 1. The van der Waals surface area contributed by atoms with Gasteiger partial charge in [0.05, 0.1) is 0 Å². The summed E-state index contributed by atoms with van der Waals surface area (Å²) in [6, 6.07) is 4.18. The van der Waals surface area contributed by atoms with Gasteiger partial charge in [0.1, 0.15) is 6.10 Å². The molecule has 3 heterocycles. The number of carbonyl (C=O) groups excluding carboxylic acids is 1. The molecule has 2 aliphatic heterocycles. The Bertz CT molecular complexity index is 476. The standard InChI is InChI=1S/C16H23N3O2.C2H6/c1-13-4-5-14(11-17-13)12-18-6-8-19(9-7-18)16(20)15-3-2-10-21-15;1-2/h4-5,11,15H,2-3,6-10,12H2,1H3;1-2H3. The first kappa shape index (κ1) is 17.9. The number of hydrogen-bond acceptors (Lipinski definition) is 4. The molecule has 2 saturated heterocycles. The lowest BCUT2D eigenvalue weighted by Crippen LogP contribution is -2.51. The molecule has 0 aromatic carbocycles. The Hall–Kier alpha value is -1.46. The van der Waals surface area contributed by atoms with Gasteiger partial charge in [0.2, 0.25) is 0 Å². The molecule has 0 radical (unpaired) electrons. The number of hydrogen-bond donors (Lipinski definition) is 0.